The monoisotopic (exact) mass is 327 g/mol. The van der Waals surface area contributed by atoms with E-state index in [-0.39, 0.29) is 18.2 Å². The SMILES string of the molecule is Cc1cc(C)cc(NC(=O)CO/N=C\c2cccc([N+](=O)[O-])c2)c1. The summed E-state index contributed by atoms with van der Waals surface area (Å²) in [4.78, 5) is 26.9. The average Bonchev–Trinajstić information content (AvgIpc) is 2.51. The summed E-state index contributed by atoms with van der Waals surface area (Å²) < 4.78 is 0. The lowest BCUT2D eigenvalue weighted by atomic mass is 10.1. The molecule has 7 heteroatoms. The van der Waals surface area contributed by atoms with E-state index in [1.165, 1.54) is 18.3 Å². The van der Waals surface area contributed by atoms with Gasteiger partial charge in [-0.05, 0) is 37.1 Å². The number of aryl methyl sites for hydroxylation is 2. The van der Waals surface area contributed by atoms with Gasteiger partial charge in [-0.3, -0.25) is 14.9 Å². The van der Waals surface area contributed by atoms with Gasteiger partial charge in [0.2, 0.25) is 0 Å². The third-order valence-corrected chi connectivity index (χ3v) is 3.06. The maximum atomic E-state index is 11.8. The number of non-ortho nitro benzene ring substituents is 1. The van der Waals surface area contributed by atoms with Crippen molar-refractivity contribution in [1.29, 1.82) is 0 Å². The summed E-state index contributed by atoms with van der Waals surface area (Å²) in [6, 6.07) is 11.7. The fourth-order valence-corrected chi connectivity index (χ4v) is 2.16. The van der Waals surface area contributed by atoms with Gasteiger partial charge in [0.1, 0.15) is 0 Å². The number of rotatable bonds is 6. The van der Waals surface area contributed by atoms with Gasteiger partial charge >= 0.3 is 0 Å². The molecule has 0 unspecified atom stereocenters. The van der Waals surface area contributed by atoms with Crippen LogP contribution in [0.4, 0.5) is 11.4 Å². The Bertz CT molecular complexity index is 767. The Morgan fingerprint density at radius 1 is 1.25 bits per heavy atom. The number of oxime groups is 1. The third kappa shape index (κ3) is 5.20. The highest BCUT2D eigenvalue weighted by atomic mass is 16.6. The highest BCUT2D eigenvalue weighted by molar-refractivity contribution is 5.92. The second kappa shape index (κ2) is 7.87. The molecule has 0 heterocycles. The van der Waals surface area contributed by atoms with Gasteiger partial charge in [-0.25, -0.2) is 0 Å². The molecule has 0 aliphatic carbocycles. The van der Waals surface area contributed by atoms with Crippen LogP contribution in [0.3, 0.4) is 0 Å². The number of carbonyl (C=O) groups excluding carboxylic acids is 1. The zero-order valence-electron chi connectivity index (χ0n) is 13.4. The molecular weight excluding hydrogens is 310 g/mol. The number of nitro groups is 1. The lowest BCUT2D eigenvalue weighted by Crippen LogP contribution is -2.17. The summed E-state index contributed by atoms with van der Waals surface area (Å²) in [5, 5.41) is 17.0. The van der Waals surface area contributed by atoms with Gasteiger partial charge in [0.05, 0.1) is 11.1 Å². The molecule has 24 heavy (non-hydrogen) atoms. The second-order valence-electron chi connectivity index (χ2n) is 5.28. The molecule has 0 fully saturated rings. The van der Waals surface area contributed by atoms with Crippen molar-refractivity contribution in [2.75, 3.05) is 11.9 Å². The lowest BCUT2D eigenvalue weighted by Gasteiger charge is -2.06. The third-order valence-electron chi connectivity index (χ3n) is 3.06. The smallest absolute Gasteiger partial charge is 0.270 e. The first-order valence-electron chi connectivity index (χ1n) is 7.22. The fourth-order valence-electron chi connectivity index (χ4n) is 2.16. The van der Waals surface area contributed by atoms with E-state index in [1.54, 1.807) is 12.1 Å². The van der Waals surface area contributed by atoms with Crippen molar-refractivity contribution in [3.8, 4) is 0 Å². The molecule has 7 nitrogen and oxygen atoms in total. The van der Waals surface area contributed by atoms with Gasteiger partial charge in [-0.2, -0.15) is 0 Å². The normalized spacial score (nSPS) is 10.6. The van der Waals surface area contributed by atoms with Crippen LogP contribution in [0.15, 0.2) is 47.6 Å². The zero-order chi connectivity index (χ0) is 17.5. The van der Waals surface area contributed by atoms with Crippen molar-refractivity contribution in [1.82, 2.24) is 0 Å². The average molecular weight is 327 g/mol. The molecule has 2 aromatic rings. The predicted octanol–water partition coefficient (Wildman–Crippen LogP) is 3.20. The van der Waals surface area contributed by atoms with Crippen molar-refractivity contribution < 1.29 is 14.6 Å². The van der Waals surface area contributed by atoms with Crippen LogP contribution in [0.2, 0.25) is 0 Å². The Labute approximate surface area is 139 Å². The fraction of sp³-hybridized carbons (Fsp3) is 0.176. The molecule has 0 radical (unpaired) electrons. The van der Waals surface area contributed by atoms with Crippen LogP contribution in [-0.4, -0.2) is 23.7 Å². The number of carbonyl (C=O) groups is 1. The maximum Gasteiger partial charge on any atom is 0.270 e. The molecular formula is C17H17N3O4. The maximum absolute atomic E-state index is 11.8. The first kappa shape index (κ1) is 17.1. The van der Waals surface area contributed by atoms with Gasteiger partial charge < -0.3 is 10.2 Å². The minimum atomic E-state index is -0.491. The Morgan fingerprint density at radius 2 is 1.96 bits per heavy atom. The number of amides is 1. The molecule has 124 valence electrons. The van der Waals surface area contributed by atoms with Crippen LogP contribution in [0.1, 0.15) is 16.7 Å². The standard InChI is InChI=1S/C17H17N3O4/c1-12-6-13(2)8-15(7-12)19-17(21)11-24-18-10-14-4-3-5-16(9-14)20(22)23/h3-10H,11H2,1-2H3,(H,19,21)/b18-10-. The van der Waals surface area contributed by atoms with E-state index < -0.39 is 4.92 Å². The molecule has 0 bridgehead atoms. The van der Waals surface area contributed by atoms with Gasteiger partial charge in [0.15, 0.2) is 6.61 Å². The molecule has 2 rings (SSSR count). The molecule has 0 spiro atoms. The largest absolute Gasteiger partial charge is 0.386 e. The first-order chi connectivity index (χ1) is 11.4. The predicted molar refractivity (Wildman–Crippen MR) is 91.2 cm³/mol. The minimum absolute atomic E-state index is 0.0356. The second-order valence-corrected chi connectivity index (χ2v) is 5.28. The summed E-state index contributed by atoms with van der Waals surface area (Å²) in [6.07, 6.45) is 1.32. The minimum Gasteiger partial charge on any atom is -0.386 e. The molecule has 2 aromatic carbocycles. The van der Waals surface area contributed by atoms with Crippen molar-refractivity contribution in [2.24, 2.45) is 5.16 Å². The van der Waals surface area contributed by atoms with Crippen molar-refractivity contribution in [3.63, 3.8) is 0 Å². The van der Waals surface area contributed by atoms with Crippen molar-refractivity contribution in [3.05, 3.63) is 69.3 Å². The van der Waals surface area contributed by atoms with E-state index in [1.807, 2.05) is 32.0 Å². The first-order valence-corrected chi connectivity index (χ1v) is 7.22. The molecule has 0 aromatic heterocycles. The topological polar surface area (TPSA) is 93.8 Å². The number of anilines is 1. The van der Waals surface area contributed by atoms with E-state index in [9.17, 15) is 14.9 Å². The van der Waals surface area contributed by atoms with Crippen LogP contribution in [0, 0.1) is 24.0 Å². The zero-order valence-corrected chi connectivity index (χ0v) is 13.4. The molecule has 0 saturated heterocycles. The summed E-state index contributed by atoms with van der Waals surface area (Å²) in [7, 11) is 0. The molecule has 0 aliphatic rings. The van der Waals surface area contributed by atoms with Gasteiger partial charge in [-0.1, -0.05) is 23.4 Å². The van der Waals surface area contributed by atoms with Gasteiger partial charge in [0, 0.05) is 23.4 Å². The molecule has 0 atom stereocenters. The highest BCUT2D eigenvalue weighted by Gasteiger charge is 2.05. The Morgan fingerprint density at radius 3 is 2.62 bits per heavy atom. The van der Waals surface area contributed by atoms with E-state index in [2.05, 4.69) is 10.5 Å². The number of hydrogen-bond donors (Lipinski definition) is 1. The van der Waals surface area contributed by atoms with E-state index in [0.29, 0.717) is 11.3 Å². The highest BCUT2D eigenvalue weighted by Crippen LogP contribution is 2.14. The summed E-state index contributed by atoms with van der Waals surface area (Å²) in [5.41, 5.74) is 3.28. The molecule has 0 saturated carbocycles. The Balaban J connectivity index is 1.86. The van der Waals surface area contributed by atoms with Crippen LogP contribution in [0.25, 0.3) is 0 Å². The molecule has 0 aliphatic heterocycles. The Hall–Kier alpha value is -3.22. The summed E-state index contributed by atoms with van der Waals surface area (Å²) in [5.74, 6) is -0.337. The number of nitrogens with zero attached hydrogens (tertiary/aromatic N) is 2. The quantitative estimate of drug-likeness (QED) is 0.501. The van der Waals surface area contributed by atoms with Crippen LogP contribution >= 0.6 is 0 Å². The Kier molecular flexibility index (Phi) is 5.62. The van der Waals surface area contributed by atoms with E-state index in [0.717, 1.165) is 11.1 Å². The van der Waals surface area contributed by atoms with Crippen LogP contribution in [-0.2, 0) is 9.63 Å². The summed E-state index contributed by atoms with van der Waals surface area (Å²) >= 11 is 0. The van der Waals surface area contributed by atoms with Gasteiger partial charge in [0.25, 0.3) is 11.6 Å². The van der Waals surface area contributed by atoms with E-state index >= 15 is 0 Å². The number of nitro benzene ring substituents is 1. The summed E-state index contributed by atoms with van der Waals surface area (Å²) in [6.45, 7) is 3.64. The number of nitrogens with one attached hydrogen (secondary N) is 1. The van der Waals surface area contributed by atoms with Crippen molar-refractivity contribution >= 4 is 23.5 Å². The number of hydrogen-bond acceptors (Lipinski definition) is 5. The van der Waals surface area contributed by atoms with Crippen LogP contribution < -0.4 is 5.32 Å². The van der Waals surface area contributed by atoms with Crippen LogP contribution in [0.5, 0.6) is 0 Å². The number of benzene rings is 2. The van der Waals surface area contributed by atoms with Crippen molar-refractivity contribution in [2.45, 2.75) is 13.8 Å². The molecule has 1 N–H and O–H groups in total. The lowest BCUT2D eigenvalue weighted by molar-refractivity contribution is -0.384. The van der Waals surface area contributed by atoms with E-state index in [4.69, 9.17) is 4.84 Å². The van der Waals surface area contributed by atoms with Gasteiger partial charge in [-0.15, -0.1) is 0 Å². The molecule has 1 amide bonds.